The Bertz CT molecular complexity index is 1240. The van der Waals surface area contributed by atoms with Gasteiger partial charge in [0.15, 0.2) is 0 Å². The summed E-state index contributed by atoms with van der Waals surface area (Å²) in [5.74, 6) is -0.332. The molecule has 3 aromatic rings. The summed E-state index contributed by atoms with van der Waals surface area (Å²) in [4.78, 5) is 30.3. The smallest absolute Gasteiger partial charge is 0.262 e. The molecule has 154 valence electrons. The van der Waals surface area contributed by atoms with Crippen molar-refractivity contribution in [3.63, 3.8) is 0 Å². The standard InChI is InChI=1S/C19H22N4O4S2/c1-11(2)22-29(26,27)14-7-5-6-13(8-14)9-20-17(24)16-12(3)15-18(28-16)21-10-23(4)19(15)25/h5-8,10-11,22H,9H2,1-4H3,(H,20,24). The number of carbonyl (C=O) groups is 1. The van der Waals surface area contributed by atoms with Crippen LogP contribution in [-0.2, 0) is 23.6 Å². The van der Waals surface area contributed by atoms with E-state index in [0.29, 0.717) is 26.2 Å². The zero-order valence-electron chi connectivity index (χ0n) is 16.5. The molecular weight excluding hydrogens is 412 g/mol. The van der Waals surface area contributed by atoms with Gasteiger partial charge in [-0.05, 0) is 44.0 Å². The maximum Gasteiger partial charge on any atom is 0.262 e. The predicted octanol–water partition coefficient (Wildman–Crippen LogP) is 1.92. The zero-order valence-corrected chi connectivity index (χ0v) is 18.1. The van der Waals surface area contributed by atoms with Crippen LogP contribution in [-0.4, -0.2) is 29.9 Å². The molecule has 1 aromatic carbocycles. The van der Waals surface area contributed by atoms with Crippen molar-refractivity contribution in [3.8, 4) is 0 Å². The van der Waals surface area contributed by atoms with Gasteiger partial charge < -0.3 is 9.88 Å². The lowest BCUT2D eigenvalue weighted by atomic mass is 10.2. The maximum atomic E-state index is 12.7. The molecule has 10 heteroatoms. The maximum absolute atomic E-state index is 12.7. The van der Waals surface area contributed by atoms with Gasteiger partial charge in [0.2, 0.25) is 10.0 Å². The number of rotatable bonds is 6. The summed E-state index contributed by atoms with van der Waals surface area (Å²) >= 11 is 1.16. The van der Waals surface area contributed by atoms with Crippen LogP contribution in [0.5, 0.6) is 0 Å². The van der Waals surface area contributed by atoms with Crippen molar-refractivity contribution in [2.75, 3.05) is 0 Å². The second kappa shape index (κ2) is 8.05. The van der Waals surface area contributed by atoms with Gasteiger partial charge >= 0.3 is 0 Å². The molecule has 2 N–H and O–H groups in total. The summed E-state index contributed by atoms with van der Waals surface area (Å²) in [6.07, 6.45) is 1.43. The van der Waals surface area contributed by atoms with Gasteiger partial charge in [0.25, 0.3) is 11.5 Å². The van der Waals surface area contributed by atoms with Crippen LogP contribution in [0.25, 0.3) is 10.2 Å². The summed E-state index contributed by atoms with van der Waals surface area (Å²) in [6.45, 7) is 5.37. The first-order chi connectivity index (χ1) is 13.6. The molecule has 0 saturated carbocycles. The average molecular weight is 435 g/mol. The Morgan fingerprint density at radius 3 is 2.72 bits per heavy atom. The zero-order chi connectivity index (χ0) is 21.3. The van der Waals surface area contributed by atoms with Crippen LogP contribution in [0.4, 0.5) is 0 Å². The first-order valence-corrected chi connectivity index (χ1v) is 11.2. The number of hydrogen-bond acceptors (Lipinski definition) is 6. The van der Waals surface area contributed by atoms with Crippen LogP contribution >= 0.6 is 11.3 Å². The Kier molecular flexibility index (Phi) is 5.87. The number of carbonyl (C=O) groups excluding carboxylic acids is 1. The lowest BCUT2D eigenvalue weighted by molar-refractivity contribution is 0.0954. The molecule has 1 amide bonds. The number of thiophene rings is 1. The molecule has 0 aliphatic heterocycles. The lowest BCUT2D eigenvalue weighted by Crippen LogP contribution is -2.30. The lowest BCUT2D eigenvalue weighted by Gasteiger charge is -2.11. The molecule has 2 heterocycles. The Hall–Kier alpha value is -2.56. The molecule has 0 radical (unpaired) electrons. The molecule has 0 spiro atoms. The number of hydrogen-bond donors (Lipinski definition) is 2. The number of benzene rings is 1. The van der Waals surface area contributed by atoms with Crippen molar-refractivity contribution in [2.24, 2.45) is 7.05 Å². The SMILES string of the molecule is Cc1c(C(=O)NCc2cccc(S(=O)(=O)NC(C)C)c2)sc2ncn(C)c(=O)c12. The van der Waals surface area contributed by atoms with Gasteiger partial charge in [0, 0.05) is 19.6 Å². The molecule has 2 aromatic heterocycles. The number of nitrogens with zero attached hydrogens (tertiary/aromatic N) is 2. The van der Waals surface area contributed by atoms with Crippen LogP contribution in [0.3, 0.4) is 0 Å². The summed E-state index contributed by atoms with van der Waals surface area (Å²) < 4.78 is 28.6. The van der Waals surface area contributed by atoms with Gasteiger partial charge in [-0.3, -0.25) is 9.59 Å². The molecule has 0 fully saturated rings. The Labute approximate surface area is 172 Å². The minimum Gasteiger partial charge on any atom is -0.347 e. The highest BCUT2D eigenvalue weighted by molar-refractivity contribution is 7.89. The number of nitrogens with one attached hydrogen (secondary N) is 2. The van der Waals surface area contributed by atoms with E-state index in [9.17, 15) is 18.0 Å². The molecule has 29 heavy (non-hydrogen) atoms. The minimum absolute atomic E-state index is 0.142. The van der Waals surface area contributed by atoms with Gasteiger partial charge in [0.05, 0.1) is 21.5 Å². The number of fused-ring (bicyclic) bond motifs is 1. The number of aryl methyl sites for hydroxylation is 2. The third kappa shape index (κ3) is 4.39. The van der Waals surface area contributed by atoms with E-state index in [0.717, 1.165) is 11.3 Å². The first-order valence-electron chi connectivity index (χ1n) is 8.94. The summed E-state index contributed by atoms with van der Waals surface area (Å²) in [5.41, 5.74) is 1.05. The molecule has 3 rings (SSSR count). The van der Waals surface area contributed by atoms with Crippen LogP contribution in [0.2, 0.25) is 0 Å². The van der Waals surface area contributed by atoms with E-state index in [1.165, 1.54) is 23.0 Å². The van der Waals surface area contributed by atoms with E-state index in [1.54, 1.807) is 40.0 Å². The third-order valence-electron chi connectivity index (χ3n) is 4.27. The molecule has 0 aliphatic carbocycles. The molecule has 0 saturated heterocycles. The van der Waals surface area contributed by atoms with Crippen LogP contribution in [0.15, 0.2) is 40.3 Å². The number of sulfonamides is 1. The Balaban J connectivity index is 1.81. The molecule has 0 atom stereocenters. The van der Waals surface area contributed by atoms with E-state index < -0.39 is 10.0 Å². The van der Waals surface area contributed by atoms with Gasteiger partial charge in [-0.15, -0.1) is 11.3 Å². The van der Waals surface area contributed by atoms with Gasteiger partial charge in [0.1, 0.15) is 4.83 Å². The fraction of sp³-hybridized carbons (Fsp3) is 0.316. The van der Waals surface area contributed by atoms with Crippen LogP contribution in [0.1, 0.15) is 34.6 Å². The van der Waals surface area contributed by atoms with Crippen molar-refractivity contribution in [2.45, 2.75) is 38.3 Å². The normalized spacial score (nSPS) is 11.9. The molecule has 0 aliphatic rings. The molecule has 0 bridgehead atoms. The van der Waals surface area contributed by atoms with Gasteiger partial charge in [-0.1, -0.05) is 12.1 Å². The minimum atomic E-state index is -3.61. The van der Waals surface area contributed by atoms with Crippen LogP contribution in [0, 0.1) is 6.92 Å². The summed E-state index contributed by atoms with van der Waals surface area (Å²) in [7, 11) is -2.00. The molecular formula is C19H22N4O4S2. The summed E-state index contributed by atoms with van der Waals surface area (Å²) in [6, 6.07) is 6.19. The largest absolute Gasteiger partial charge is 0.347 e. The highest BCUT2D eigenvalue weighted by Gasteiger charge is 2.19. The van der Waals surface area contributed by atoms with Gasteiger partial charge in [-0.25, -0.2) is 18.1 Å². The van der Waals surface area contributed by atoms with Crippen molar-refractivity contribution < 1.29 is 13.2 Å². The third-order valence-corrected chi connectivity index (χ3v) is 7.12. The number of aromatic nitrogens is 2. The Morgan fingerprint density at radius 1 is 1.31 bits per heavy atom. The van der Waals surface area contributed by atoms with Crippen molar-refractivity contribution in [3.05, 3.63) is 57.0 Å². The Morgan fingerprint density at radius 2 is 2.03 bits per heavy atom. The first kappa shape index (κ1) is 21.2. The highest BCUT2D eigenvalue weighted by Crippen LogP contribution is 2.26. The van der Waals surface area contributed by atoms with Crippen molar-refractivity contribution >= 4 is 37.5 Å². The fourth-order valence-corrected chi connectivity index (χ4v) is 5.27. The van der Waals surface area contributed by atoms with E-state index in [4.69, 9.17) is 0 Å². The predicted molar refractivity (Wildman–Crippen MR) is 113 cm³/mol. The summed E-state index contributed by atoms with van der Waals surface area (Å²) in [5, 5.41) is 3.23. The average Bonchev–Trinajstić information content (AvgIpc) is 2.99. The number of amides is 1. The monoisotopic (exact) mass is 434 g/mol. The van der Waals surface area contributed by atoms with Gasteiger partial charge in [-0.2, -0.15) is 0 Å². The quantitative estimate of drug-likeness (QED) is 0.616. The molecule has 0 unspecified atom stereocenters. The van der Waals surface area contributed by atoms with E-state index in [2.05, 4.69) is 15.0 Å². The van der Waals surface area contributed by atoms with E-state index in [-0.39, 0.29) is 28.9 Å². The van der Waals surface area contributed by atoms with Crippen molar-refractivity contribution in [1.29, 1.82) is 0 Å². The van der Waals surface area contributed by atoms with Crippen molar-refractivity contribution in [1.82, 2.24) is 19.6 Å². The fourth-order valence-electron chi connectivity index (χ4n) is 2.89. The highest BCUT2D eigenvalue weighted by atomic mass is 32.2. The topological polar surface area (TPSA) is 110 Å². The van der Waals surface area contributed by atoms with E-state index in [1.807, 2.05) is 0 Å². The van der Waals surface area contributed by atoms with Crippen LogP contribution < -0.4 is 15.6 Å². The second-order valence-corrected chi connectivity index (χ2v) is 9.72. The van der Waals surface area contributed by atoms with E-state index >= 15 is 0 Å². The molecule has 8 nitrogen and oxygen atoms in total. The second-order valence-electron chi connectivity index (χ2n) is 7.00.